The van der Waals surface area contributed by atoms with E-state index in [-0.39, 0.29) is 19.9 Å². The number of benzene rings is 4. The van der Waals surface area contributed by atoms with Crippen molar-refractivity contribution in [1.29, 1.82) is 0 Å². The van der Waals surface area contributed by atoms with Crippen LogP contribution in [0.25, 0.3) is 11.0 Å². The summed E-state index contributed by atoms with van der Waals surface area (Å²) < 4.78 is 27.2. The molecule has 0 amide bonds. The molecule has 0 bridgehead atoms. The molecule has 4 atom stereocenters. The van der Waals surface area contributed by atoms with E-state index < -0.39 is 29.9 Å². The third-order valence-corrected chi connectivity index (χ3v) is 9.41. The SMILES string of the molecule is C=CCO[C@H]1[C@@H](O)[C@H](c2cn(COCc3ccccc3)c3c(OC)ncnc23)N[C@@H]1COC(c1ccccc1)(c1ccccc1)c1ccccc1. The van der Waals surface area contributed by atoms with Gasteiger partial charge in [-0.05, 0) is 22.3 Å². The van der Waals surface area contributed by atoms with Gasteiger partial charge in [-0.1, -0.05) is 127 Å². The van der Waals surface area contributed by atoms with Crippen LogP contribution >= 0.6 is 0 Å². The second kappa shape index (κ2) is 15.8. The Morgan fingerprint density at radius 1 is 0.843 bits per heavy atom. The molecule has 2 N–H and O–H groups in total. The summed E-state index contributed by atoms with van der Waals surface area (Å²) in [6.07, 6.45) is 3.55. The number of aliphatic hydroxyl groups excluding tert-OH is 1. The molecular weight excluding hydrogens is 640 g/mol. The first-order chi connectivity index (χ1) is 25.1. The normalized spacial score (nSPS) is 18.9. The molecule has 9 heteroatoms. The summed E-state index contributed by atoms with van der Waals surface area (Å²) >= 11 is 0. The van der Waals surface area contributed by atoms with Crippen molar-refractivity contribution in [2.24, 2.45) is 0 Å². The lowest BCUT2D eigenvalue weighted by molar-refractivity contribution is -0.0536. The predicted molar refractivity (Wildman–Crippen MR) is 196 cm³/mol. The standard InChI is InChI=1S/C42H42N4O5/c1-3-24-50-40-35(27-51-42(31-18-10-5-11-19-31,32-20-12-6-13-21-32)33-22-14-7-15-23-33)45-37(39(40)47)34-25-46(29-49-26-30-16-8-4-9-17-30)38-36(34)43-28-44-41(38)48-2/h3-23,25,28,35,37,39-40,45,47H,1,24,26-27,29H2,2H3/t35-,37+,39+,40-/m1/s1. The Kier molecular flexibility index (Phi) is 10.6. The van der Waals surface area contributed by atoms with E-state index in [1.54, 1.807) is 13.2 Å². The molecule has 0 spiro atoms. The van der Waals surface area contributed by atoms with Crippen molar-refractivity contribution in [2.45, 2.75) is 43.2 Å². The van der Waals surface area contributed by atoms with Crippen LogP contribution in [-0.2, 0) is 33.1 Å². The van der Waals surface area contributed by atoms with Gasteiger partial charge in [-0.3, -0.25) is 0 Å². The fraction of sp³-hybridized carbons (Fsp3) is 0.238. The van der Waals surface area contributed by atoms with Crippen LogP contribution in [0.2, 0.25) is 0 Å². The van der Waals surface area contributed by atoms with Gasteiger partial charge in [0.1, 0.15) is 41.9 Å². The molecule has 2 aromatic heterocycles. The van der Waals surface area contributed by atoms with E-state index in [4.69, 9.17) is 18.9 Å². The fourth-order valence-corrected chi connectivity index (χ4v) is 7.09. The van der Waals surface area contributed by atoms with Crippen LogP contribution in [0.4, 0.5) is 0 Å². The van der Waals surface area contributed by atoms with E-state index >= 15 is 0 Å². The van der Waals surface area contributed by atoms with E-state index in [2.05, 4.69) is 58.3 Å². The van der Waals surface area contributed by atoms with Crippen LogP contribution in [-0.4, -0.2) is 58.2 Å². The van der Waals surface area contributed by atoms with Crippen molar-refractivity contribution in [2.75, 3.05) is 20.3 Å². The Hall–Kier alpha value is -5.16. The maximum atomic E-state index is 12.0. The topological polar surface area (TPSA) is 99.9 Å². The summed E-state index contributed by atoms with van der Waals surface area (Å²) in [5.41, 5.74) is 5.19. The monoisotopic (exact) mass is 682 g/mol. The van der Waals surface area contributed by atoms with Gasteiger partial charge in [0.2, 0.25) is 5.88 Å². The molecule has 0 saturated carbocycles. The molecule has 1 aliphatic rings. The molecular formula is C42H42N4O5. The van der Waals surface area contributed by atoms with Crippen LogP contribution in [0.5, 0.6) is 5.88 Å². The Morgan fingerprint density at radius 2 is 1.43 bits per heavy atom. The van der Waals surface area contributed by atoms with E-state index in [1.807, 2.05) is 95.7 Å². The lowest BCUT2D eigenvalue weighted by atomic mass is 9.80. The van der Waals surface area contributed by atoms with Crippen molar-refractivity contribution in [3.05, 3.63) is 174 Å². The van der Waals surface area contributed by atoms with Crippen LogP contribution in [0.1, 0.15) is 33.9 Å². The van der Waals surface area contributed by atoms with Crippen molar-refractivity contribution in [3.8, 4) is 5.88 Å². The molecule has 7 rings (SSSR count). The highest BCUT2D eigenvalue weighted by molar-refractivity contribution is 5.84. The quantitative estimate of drug-likeness (QED) is 0.0928. The zero-order valence-corrected chi connectivity index (χ0v) is 28.5. The smallest absolute Gasteiger partial charge is 0.241 e. The summed E-state index contributed by atoms with van der Waals surface area (Å²) in [5.74, 6) is 0.416. The second-order valence-electron chi connectivity index (χ2n) is 12.5. The number of aromatic nitrogens is 3. The average molecular weight is 683 g/mol. The van der Waals surface area contributed by atoms with Gasteiger partial charge in [0.15, 0.2) is 0 Å². The van der Waals surface area contributed by atoms with Gasteiger partial charge in [0.25, 0.3) is 0 Å². The minimum Gasteiger partial charge on any atom is -0.479 e. The number of aliphatic hydroxyl groups is 1. The lowest BCUT2D eigenvalue weighted by Crippen LogP contribution is -2.43. The zero-order chi connectivity index (χ0) is 35.0. The van der Waals surface area contributed by atoms with E-state index in [1.165, 1.54) is 6.33 Å². The van der Waals surface area contributed by atoms with Gasteiger partial charge in [-0.15, -0.1) is 6.58 Å². The molecule has 1 aliphatic heterocycles. The third-order valence-electron chi connectivity index (χ3n) is 9.41. The molecule has 3 heterocycles. The summed E-state index contributed by atoms with van der Waals surface area (Å²) in [6.45, 7) is 5.00. The number of fused-ring (bicyclic) bond motifs is 1. The minimum atomic E-state index is -0.941. The minimum absolute atomic E-state index is 0.213. The molecule has 0 radical (unpaired) electrons. The highest BCUT2D eigenvalue weighted by Gasteiger charge is 2.47. The molecule has 6 aromatic rings. The molecule has 1 saturated heterocycles. The van der Waals surface area contributed by atoms with Gasteiger partial charge in [0, 0.05) is 11.8 Å². The van der Waals surface area contributed by atoms with Gasteiger partial charge in [0.05, 0.1) is 39.0 Å². The van der Waals surface area contributed by atoms with Gasteiger partial charge in [-0.2, -0.15) is 4.98 Å². The zero-order valence-electron chi connectivity index (χ0n) is 28.5. The van der Waals surface area contributed by atoms with Crippen molar-refractivity contribution in [1.82, 2.24) is 19.9 Å². The number of ether oxygens (including phenoxy) is 4. The van der Waals surface area contributed by atoms with Gasteiger partial charge < -0.3 is 33.9 Å². The van der Waals surface area contributed by atoms with Crippen LogP contribution in [0, 0.1) is 0 Å². The van der Waals surface area contributed by atoms with Crippen LogP contribution < -0.4 is 10.1 Å². The number of hydrogen-bond acceptors (Lipinski definition) is 8. The van der Waals surface area contributed by atoms with E-state index in [9.17, 15) is 5.11 Å². The Labute approximate surface area is 298 Å². The van der Waals surface area contributed by atoms with Crippen molar-refractivity contribution >= 4 is 11.0 Å². The third kappa shape index (κ3) is 6.95. The van der Waals surface area contributed by atoms with Gasteiger partial charge in [-0.25, -0.2) is 4.98 Å². The molecule has 51 heavy (non-hydrogen) atoms. The molecule has 0 unspecified atom stereocenters. The largest absolute Gasteiger partial charge is 0.479 e. The average Bonchev–Trinajstić information content (AvgIpc) is 3.72. The first-order valence-corrected chi connectivity index (χ1v) is 17.1. The van der Waals surface area contributed by atoms with E-state index in [0.29, 0.717) is 23.5 Å². The molecule has 0 aliphatic carbocycles. The van der Waals surface area contributed by atoms with Gasteiger partial charge >= 0.3 is 0 Å². The maximum Gasteiger partial charge on any atom is 0.241 e. The Morgan fingerprint density at radius 3 is 2.00 bits per heavy atom. The highest BCUT2D eigenvalue weighted by atomic mass is 16.5. The number of hydrogen-bond donors (Lipinski definition) is 2. The maximum absolute atomic E-state index is 12.0. The fourth-order valence-electron chi connectivity index (χ4n) is 7.09. The number of rotatable bonds is 15. The molecule has 9 nitrogen and oxygen atoms in total. The summed E-state index contributed by atoms with van der Waals surface area (Å²) in [7, 11) is 1.58. The number of methoxy groups -OCH3 is 1. The summed E-state index contributed by atoms with van der Waals surface area (Å²) in [5, 5.41) is 15.7. The molecule has 4 aromatic carbocycles. The van der Waals surface area contributed by atoms with Crippen molar-refractivity contribution in [3.63, 3.8) is 0 Å². The number of nitrogens with one attached hydrogen (secondary N) is 1. The Bertz CT molecular complexity index is 1910. The summed E-state index contributed by atoms with van der Waals surface area (Å²) in [4.78, 5) is 9.04. The summed E-state index contributed by atoms with van der Waals surface area (Å²) in [6, 6.07) is 39.8. The lowest BCUT2D eigenvalue weighted by Gasteiger charge is -2.37. The van der Waals surface area contributed by atoms with Crippen LogP contribution in [0.15, 0.2) is 147 Å². The number of nitrogens with zero attached hydrogens (tertiary/aromatic N) is 3. The van der Waals surface area contributed by atoms with Crippen LogP contribution in [0.3, 0.4) is 0 Å². The highest BCUT2D eigenvalue weighted by Crippen LogP contribution is 2.42. The second-order valence-corrected chi connectivity index (χ2v) is 12.5. The predicted octanol–water partition coefficient (Wildman–Crippen LogP) is 6.57. The van der Waals surface area contributed by atoms with E-state index in [0.717, 1.165) is 27.8 Å². The first-order valence-electron chi connectivity index (χ1n) is 17.1. The molecule has 1 fully saturated rings. The van der Waals surface area contributed by atoms with Crippen molar-refractivity contribution < 1.29 is 24.1 Å². The Balaban J connectivity index is 1.23. The first kappa shape index (κ1) is 34.3. The molecule has 260 valence electrons.